The number of amides is 1. The number of benzene rings is 2. The number of fused-ring (bicyclic) bond motifs is 1. The van der Waals surface area contributed by atoms with Crippen molar-refractivity contribution in [2.45, 2.75) is 32.1 Å². The highest BCUT2D eigenvalue weighted by Crippen LogP contribution is 2.30. The van der Waals surface area contributed by atoms with Crippen molar-refractivity contribution < 1.29 is 18.4 Å². The first-order valence-corrected chi connectivity index (χ1v) is 11.0. The molecule has 0 unspecified atom stereocenters. The highest BCUT2D eigenvalue weighted by molar-refractivity contribution is 5.90. The minimum Gasteiger partial charge on any atom is -0.497 e. The van der Waals surface area contributed by atoms with Crippen molar-refractivity contribution in [1.29, 1.82) is 0 Å². The first-order valence-electron chi connectivity index (χ1n) is 11.0. The average molecular weight is 448 g/mol. The molecule has 2 aromatic carbocycles. The Morgan fingerprint density at radius 2 is 1.97 bits per heavy atom. The average Bonchev–Trinajstić information content (AvgIpc) is 3.44. The highest BCUT2D eigenvalue weighted by Gasteiger charge is 2.28. The lowest BCUT2D eigenvalue weighted by Crippen LogP contribution is -2.38. The van der Waals surface area contributed by atoms with Gasteiger partial charge in [0.05, 0.1) is 13.5 Å². The molecule has 0 saturated carbocycles. The zero-order chi connectivity index (χ0) is 22.9. The first kappa shape index (κ1) is 21.2. The third-order valence-electron chi connectivity index (χ3n) is 6.40. The molecule has 4 aromatic rings. The molecule has 0 spiro atoms. The van der Waals surface area contributed by atoms with E-state index in [-0.39, 0.29) is 24.1 Å². The summed E-state index contributed by atoms with van der Waals surface area (Å²) in [5, 5.41) is 4.90. The Kier molecular flexibility index (Phi) is 5.58. The summed E-state index contributed by atoms with van der Waals surface area (Å²) in [5.74, 6) is 1.80. The smallest absolute Gasteiger partial charge is 0.230 e. The number of likely N-dealkylation sites (tertiary alicyclic amines) is 1. The second-order valence-corrected chi connectivity index (χ2v) is 8.44. The molecular formula is C25H25FN4O3. The number of ether oxygens (including phenoxy) is 1. The van der Waals surface area contributed by atoms with Gasteiger partial charge in [0.2, 0.25) is 17.6 Å². The van der Waals surface area contributed by atoms with Gasteiger partial charge < -0.3 is 19.1 Å². The summed E-state index contributed by atoms with van der Waals surface area (Å²) < 4.78 is 24.5. The van der Waals surface area contributed by atoms with Crippen molar-refractivity contribution >= 4 is 16.8 Å². The number of hydrogen-bond acceptors (Lipinski definition) is 5. The fourth-order valence-electron chi connectivity index (χ4n) is 4.48. The molecule has 0 aliphatic carbocycles. The second-order valence-electron chi connectivity index (χ2n) is 8.44. The Labute approximate surface area is 190 Å². The molecule has 1 amide bonds. The number of aromatic amines is 1. The van der Waals surface area contributed by atoms with Gasteiger partial charge in [-0.05, 0) is 67.8 Å². The van der Waals surface area contributed by atoms with Crippen LogP contribution in [0, 0.1) is 12.7 Å². The number of methoxy groups -OCH3 is 1. The minimum absolute atomic E-state index is 0.0474. The quantitative estimate of drug-likeness (QED) is 0.482. The number of nitrogens with one attached hydrogen (secondary N) is 1. The van der Waals surface area contributed by atoms with E-state index in [4.69, 9.17) is 9.26 Å². The number of nitrogens with zero attached hydrogens (tertiary/aromatic N) is 3. The number of halogens is 1. The van der Waals surface area contributed by atoms with E-state index in [2.05, 4.69) is 15.1 Å². The summed E-state index contributed by atoms with van der Waals surface area (Å²) in [4.78, 5) is 22.7. The summed E-state index contributed by atoms with van der Waals surface area (Å²) in [5.41, 5.74) is 3.47. The van der Waals surface area contributed by atoms with Crippen LogP contribution >= 0.6 is 0 Å². The van der Waals surface area contributed by atoms with Gasteiger partial charge in [0.1, 0.15) is 11.6 Å². The van der Waals surface area contributed by atoms with E-state index in [0.717, 1.165) is 46.3 Å². The van der Waals surface area contributed by atoms with E-state index in [0.29, 0.717) is 24.8 Å². The van der Waals surface area contributed by atoms with E-state index in [1.165, 1.54) is 12.1 Å². The molecule has 0 radical (unpaired) electrons. The largest absolute Gasteiger partial charge is 0.497 e. The number of aryl methyl sites for hydroxylation is 1. The number of rotatable bonds is 5. The van der Waals surface area contributed by atoms with Gasteiger partial charge in [0.15, 0.2) is 0 Å². The SMILES string of the molecule is COc1ccc(-c2noc(C3CCN(C(=O)Cc4c(C)[nH]c5ccc(F)cc45)CC3)n2)cc1. The number of H-pyrrole nitrogens is 1. The fraction of sp³-hybridized carbons (Fsp3) is 0.320. The van der Waals surface area contributed by atoms with E-state index >= 15 is 0 Å². The van der Waals surface area contributed by atoms with Crippen LogP contribution in [0.4, 0.5) is 4.39 Å². The number of hydrogen-bond donors (Lipinski definition) is 1. The second kappa shape index (κ2) is 8.69. The Balaban J connectivity index is 1.22. The third-order valence-corrected chi connectivity index (χ3v) is 6.40. The molecule has 1 N–H and O–H groups in total. The highest BCUT2D eigenvalue weighted by atomic mass is 19.1. The Hall–Kier alpha value is -3.68. The van der Waals surface area contributed by atoms with Crippen LogP contribution < -0.4 is 4.74 Å². The van der Waals surface area contributed by atoms with Crippen LogP contribution in [-0.2, 0) is 11.2 Å². The molecule has 2 aromatic heterocycles. The number of aromatic nitrogens is 3. The predicted octanol–water partition coefficient (Wildman–Crippen LogP) is 4.62. The van der Waals surface area contributed by atoms with Gasteiger partial charge in [-0.2, -0.15) is 4.98 Å². The van der Waals surface area contributed by atoms with Gasteiger partial charge in [-0.3, -0.25) is 4.79 Å². The lowest BCUT2D eigenvalue weighted by Gasteiger charge is -2.30. The van der Waals surface area contributed by atoms with Crippen molar-refractivity contribution in [2.75, 3.05) is 20.2 Å². The van der Waals surface area contributed by atoms with E-state index in [9.17, 15) is 9.18 Å². The number of carbonyl (C=O) groups is 1. The summed E-state index contributed by atoms with van der Waals surface area (Å²) in [6, 6.07) is 12.1. The van der Waals surface area contributed by atoms with Gasteiger partial charge in [0, 0.05) is 41.2 Å². The molecule has 33 heavy (non-hydrogen) atoms. The molecule has 1 aliphatic rings. The molecule has 1 fully saturated rings. The van der Waals surface area contributed by atoms with Crippen molar-refractivity contribution in [3.05, 3.63) is 65.4 Å². The summed E-state index contributed by atoms with van der Waals surface area (Å²) in [6.45, 7) is 3.17. The lowest BCUT2D eigenvalue weighted by atomic mass is 9.96. The van der Waals surface area contributed by atoms with E-state index in [1.54, 1.807) is 13.2 Å². The zero-order valence-electron chi connectivity index (χ0n) is 18.6. The Morgan fingerprint density at radius 3 is 2.70 bits per heavy atom. The molecule has 7 nitrogen and oxygen atoms in total. The number of carbonyl (C=O) groups excluding carboxylic acids is 1. The van der Waals surface area contributed by atoms with Crippen molar-refractivity contribution in [2.24, 2.45) is 0 Å². The van der Waals surface area contributed by atoms with Crippen molar-refractivity contribution in [3.63, 3.8) is 0 Å². The molecule has 5 rings (SSSR count). The molecular weight excluding hydrogens is 423 g/mol. The molecule has 1 saturated heterocycles. The van der Waals surface area contributed by atoms with Crippen molar-refractivity contribution in [3.8, 4) is 17.1 Å². The maximum absolute atomic E-state index is 13.7. The van der Waals surface area contributed by atoms with Crippen LogP contribution in [0.15, 0.2) is 47.0 Å². The maximum atomic E-state index is 13.7. The van der Waals surface area contributed by atoms with Crippen LogP contribution in [0.2, 0.25) is 0 Å². The van der Waals surface area contributed by atoms with E-state index in [1.807, 2.05) is 36.1 Å². The van der Waals surface area contributed by atoms with Gasteiger partial charge in [-0.1, -0.05) is 5.16 Å². The lowest BCUT2D eigenvalue weighted by molar-refractivity contribution is -0.131. The van der Waals surface area contributed by atoms with E-state index < -0.39 is 0 Å². The van der Waals surface area contributed by atoms with Crippen LogP contribution in [0.1, 0.15) is 35.9 Å². The van der Waals surface area contributed by atoms with Crippen LogP contribution in [0.25, 0.3) is 22.3 Å². The standard InChI is InChI=1S/C25H25FN4O3/c1-15-20(21-13-18(26)5-8-22(21)27-15)14-23(31)30-11-9-17(10-12-30)25-28-24(29-33-25)16-3-6-19(32-2)7-4-16/h3-8,13,17,27H,9-12,14H2,1-2H3. The molecule has 0 bridgehead atoms. The van der Waals surface area contributed by atoms with Gasteiger partial charge >= 0.3 is 0 Å². The molecule has 170 valence electrons. The van der Waals surface area contributed by atoms with Crippen LogP contribution in [0.5, 0.6) is 5.75 Å². The van der Waals surface area contributed by atoms with Gasteiger partial charge in [-0.15, -0.1) is 0 Å². The number of piperidine rings is 1. The maximum Gasteiger partial charge on any atom is 0.230 e. The van der Waals surface area contributed by atoms with Crippen molar-refractivity contribution in [1.82, 2.24) is 20.0 Å². The Bertz CT molecular complexity index is 1290. The minimum atomic E-state index is -0.301. The predicted molar refractivity (Wildman–Crippen MR) is 122 cm³/mol. The molecule has 1 aliphatic heterocycles. The van der Waals surface area contributed by atoms with Crippen LogP contribution in [0.3, 0.4) is 0 Å². The Morgan fingerprint density at radius 1 is 1.21 bits per heavy atom. The summed E-state index contributed by atoms with van der Waals surface area (Å²) in [7, 11) is 1.63. The first-order chi connectivity index (χ1) is 16.0. The van der Waals surface area contributed by atoms with Crippen LogP contribution in [-0.4, -0.2) is 46.1 Å². The molecule has 0 atom stereocenters. The van der Waals surface area contributed by atoms with Gasteiger partial charge in [-0.25, -0.2) is 4.39 Å². The van der Waals surface area contributed by atoms with Gasteiger partial charge in [0.25, 0.3) is 0 Å². The molecule has 8 heteroatoms. The third kappa shape index (κ3) is 4.20. The fourth-order valence-corrected chi connectivity index (χ4v) is 4.48. The summed E-state index contributed by atoms with van der Waals surface area (Å²) in [6.07, 6.45) is 1.77. The monoisotopic (exact) mass is 448 g/mol. The normalized spacial score (nSPS) is 14.7. The topological polar surface area (TPSA) is 84.3 Å². The molecule has 3 heterocycles. The zero-order valence-corrected chi connectivity index (χ0v) is 18.6. The summed E-state index contributed by atoms with van der Waals surface area (Å²) >= 11 is 0.